The van der Waals surface area contributed by atoms with Gasteiger partial charge in [0.1, 0.15) is 19.2 Å². The maximum absolute atomic E-state index is 12.4. The molecule has 0 spiro atoms. The predicted molar refractivity (Wildman–Crippen MR) is 101 cm³/mol. The van der Waals surface area contributed by atoms with Crippen LogP contribution in [0.5, 0.6) is 0 Å². The summed E-state index contributed by atoms with van der Waals surface area (Å²) in [6, 6.07) is 16.4. The van der Waals surface area contributed by atoms with Gasteiger partial charge in [-0.15, -0.1) is 0 Å². The van der Waals surface area contributed by atoms with E-state index in [0.717, 1.165) is 35.4 Å². The van der Waals surface area contributed by atoms with Crippen molar-refractivity contribution in [3.05, 3.63) is 72.1 Å². The summed E-state index contributed by atoms with van der Waals surface area (Å²) in [6.07, 6.45) is 5.42. The molecule has 126 valence electrons. The molecule has 1 amide bonds. The molecular formula is C21H18BN3O. The third-order valence-corrected chi connectivity index (χ3v) is 5.64. The van der Waals surface area contributed by atoms with Crippen LogP contribution in [0.2, 0.25) is 0 Å². The van der Waals surface area contributed by atoms with Gasteiger partial charge in [0.25, 0.3) is 0 Å². The summed E-state index contributed by atoms with van der Waals surface area (Å²) >= 11 is 0. The molecule has 5 rings (SSSR count). The van der Waals surface area contributed by atoms with Gasteiger partial charge in [0.2, 0.25) is 5.91 Å². The average molecular weight is 339 g/mol. The molecule has 1 saturated heterocycles. The molecule has 1 fully saturated rings. The molecule has 0 saturated carbocycles. The molecule has 5 heteroatoms. The molecule has 1 unspecified atom stereocenters. The molecule has 1 atom stereocenters. The molecular weight excluding hydrogens is 321 g/mol. The summed E-state index contributed by atoms with van der Waals surface area (Å²) in [4.78, 5) is 19.0. The van der Waals surface area contributed by atoms with Crippen LogP contribution < -0.4 is 5.46 Å². The number of carbonyl (C=O) groups excluding carboxylic acids is 1. The van der Waals surface area contributed by atoms with E-state index < -0.39 is 5.54 Å². The molecule has 3 heterocycles. The lowest BCUT2D eigenvalue weighted by Gasteiger charge is -2.37. The van der Waals surface area contributed by atoms with E-state index >= 15 is 0 Å². The molecule has 26 heavy (non-hydrogen) atoms. The lowest BCUT2D eigenvalue weighted by molar-refractivity contribution is -0.128. The van der Waals surface area contributed by atoms with Crippen LogP contribution in [0.1, 0.15) is 24.0 Å². The number of benzene rings is 2. The van der Waals surface area contributed by atoms with Crippen molar-refractivity contribution in [2.75, 3.05) is 13.1 Å². The van der Waals surface area contributed by atoms with Crippen molar-refractivity contribution in [1.82, 2.24) is 14.5 Å². The number of carbonyl (C=O) groups is 1. The van der Waals surface area contributed by atoms with E-state index in [2.05, 4.69) is 39.9 Å². The van der Waals surface area contributed by atoms with Crippen molar-refractivity contribution in [3.63, 3.8) is 0 Å². The quantitative estimate of drug-likeness (QED) is 0.685. The van der Waals surface area contributed by atoms with Gasteiger partial charge in [0, 0.05) is 30.9 Å². The number of aromatic nitrogens is 2. The normalized spacial score (nSPS) is 21.1. The lowest BCUT2D eigenvalue weighted by atomic mass is 9.80. The van der Waals surface area contributed by atoms with Crippen LogP contribution in [0, 0.1) is 0 Å². The highest BCUT2D eigenvalue weighted by molar-refractivity contribution is 6.32. The first-order valence-electron chi connectivity index (χ1n) is 8.98. The summed E-state index contributed by atoms with van der Waals surface area (Å²) in [5.74, 6) is 1.18. The minimum Gasteiger partial charge on any atom is -0.340 e. The fourth-order valence-electron chi connectivity index (χ4n) is 4.43. The van der Waals surface area contributed by atoms with Gasteiger partial charge in [-0.1, -0.05) is 54.0 Å². The van der Waals surface area contributed by atoms with E-state index in [1.807, 2.05) is 35.5 Å². The zero-order chi connectivity index (χ0) is 17.7. The fourth-order valence-corrected chi connectivity index (χ4v) is 4.43. The SMILES string of the molecule is [B]c1ccc(C2(CN3CCCC3=O)c3ccccc3-c3nccn32)cc1. The number of likely N-dealkylation sites (tertiary alicyclic amines) is 1. The van der Waals surface area contributed by atoms with Crippen molar-refractivity contribution >= 4 is 19.2 Å². The van der Waals surface area contributed by atoms with Gasteiger partial charge in [-0.05, 0) is 17.5 Å². The van der Waals surface area contributed by atoms with Crippen molar-refractivity contribution in [2.45, 2.75) is 18.4 Å². The first-order valence-corrected chi connectivity index (χ1v) is 8.98. The summed E-state index contributed by atoms with van der Waals surface area (Å²) in [5, 5.41) is 0. The van der Waals surface area contributed by atoms with Crippen molar-refractivity contribution in [2.24, 2.45) is 0 Å². The Hall–Kier alpha value is -2.82. The van der Waals surface area contributed by atoms with Gasteiger partial charge in [-0.2, -0.15) is 0 Å². The molecule has 2 aliphatic heterocycles. The molecule has 2 radical (unpaired) electrons. The van der Waals surface area contributed by atoms with E-state index in [4.69, 9.17) is 7.85 Å². The van der Waals surface area contributed by atoms with Gasteiger partial charge in [0.15, 0.2) is 0 Å². The number of amides is 1. The average Bonchev–Trinajstić information content (AvgIpc) is 3.35. The molecule has 0 bridgehead atoms. The molecule has 3 aromatic rings. The van der Waals surface area contributed by atoms with Crippen LogP contribution >= 0.6 is 0 Å². The Kier molecular flexibility index (Phi) is 3.32. The zero-order valence-electron chi connectivity index (χ0n) is 14.4. The number of hydrogen-bond acceptors (Lipinski definition) is 2. The van der Waals surface area contributed by atoms with Gasteiger partial charge in [0.05, 0.1) is 6.54 Å². The first kappa shape index (κ1) is 15.4. The molecule has 4 nitrogen and oxygen atoms in total. The summed E-state index contributed by atoms with van der Waals surface area (Å²) in [6.45, 7) is 1.41. The van der Waals surface area contributed by atoms with Gasteiger partial charge in [-0.3, -0.25) is 4.79 Å². The molecule has 0 N–H and O–H groups in total. The summed E-state index contributed by atoms with van der Waals surface area (Å²) in [7, 11) is 5.94. The van der Waals surface area contributed by atoms with E-state index in [9.17, 15) is 4.79 Å². The number of fused-ring (bicyclic) bond motifs is 3. The highest BCUT2D eigenvalue weighted by Crippen LogP contribution is 2.47. The third-order valence-electron chi connectivity index (χ3n) is 5.64. The molecule has 2 aliphatic rings. The van der Waals surface area contributed by atoms with Crippen LogP contribution in [0.4, 0.5) is 0 Å². The van der Waals surface area contributed by atoms with Crippen LogP contribution in [-0.4, -0.2) is 41.3 Å². The van der Waals surface area contributed by atoms with Gasteiger partial charge in [-0.25, -0.2) is 4.98 Å². The minimum atomic E-state index is -0.476. The highest BCUT2D eigenvalue weighted by atomic mass is 16.2. The van der Waals surface area contributed by atoms with Crippen LogP contribution in [-0.2, 0) is 10.3 Å². The Morgan fingerprint density at radius 3 is 2.69 bits per heavy atom. The maximum atomic E-state index is 12.4. The summed E-state index contributed by atoms with van der Waals surface area (Å²) in [5.41, 5.74) is 3.69. The monoisotopic (exact) mass is 339 g/mol. The Morgan fingerprint density at radius 1 is 1.12 bits per heavy atom. The standard InChI is InChI=1S/C21H18BN3O/c22-16-9-7-15(8-10-16)21(14-24-12-3-6-19(24)26)18-5-2-1-4-17(18)20-23-11-13-25(20)21/h1-2,4-5,7-11,13H,3,6,12,14H2. The second kappa shape index (κ2) is 5.59. The summed E-state index contributed by atoms with van der Waals surface area (Å²) < 4.78 is 2.22. The topological polar surface area (TPSA) is 38.1 Å². The largest absolute Gasteiger partial charge is 0.340 e. The number of imidazole rings is 1. The Bertz CT molecular complexity index is 995. The predicted octanol–water partition coefficient (Wildman–Crippen LogP) is 2.07. The maximum Gasteiger partial charge on any atom is 0.222 e. The third kappa shape index (κ3) is 2.03. The smallest absolute Gasteiger partial charge is 0.222 e. The van der Waals surface area contributed by atoms with E-state index in [1.165, 1.54) is 5.56 Å². The Balaban J connectivity index is 1.77. The highest BCUT2D eigenvalue weighted by Gasteiger charge is 2.47. The van der Waals surface area contributed by atoms with Gasteiger partial charge >= 0.3 is 0 Å². The number of nitrogens with zero attached hydrogens (tertiary/aromatic N) is 3. The Labute approximate surface area is 153 Å². The minimum absolute atomic E-state index is 0.228. The van der Waals surface area contributed by atoms with Crippen LogP contribution in [0.15, 0.2) is 60.9 Å². The van der Waals surface area contributed by atoms with E-state index in [-0.39, 0.29) is 5.91 Å². The van der Waals surface area contributed by atoms with Crippen LogP contribution in [0.3, 0.4) is 0 Å². The zero-order valence-corrected chi connectivity index (χ0v) is 14.4. The number of rotatable bonds is 3. The second-order valence-corrected chi connectivity index (χ2v) is 7.07. The molecule has 0 aliphatic carbocycles. The van der Waals surface area contributed by atoms with Crippen molar-refractivity contribution in [3.8, 4) is 11.4 Å². The Morgan fingerprint density at radius 2 is 1.92 bits per heavy atom. The second-order valence-electron chi connectivity index (χ2n) is 7.07. The number of hydrogen-bond donors (Lipinski definition) is 0. The lowest BCUT2D eigenvalue weighted by Crippen LogP contribution is -2.45. The fraction of sp³-hybridized carbons (Fsp3) is 0.238. The van der Waals surface area contributed by atoms with Gasteiger partial charge < -0.3 is 9.47 Å². The first-order chi connectivity index (χ1) is 12.7. The molecule has 1 aromatic heterocycles. The van der Waals surface area contributed by atoms with E-state index in [0.29, 0.717) is 13.0 Å². The van der Waals surface area contributed by atoms with Crippen LogP contribution in [0.25, 0.3) is 11.4 Å². The van der Waals surface area contributed by atoms with E-state index in [1.54, 1.807) is 0 Å². The molecule has 2 aromatic carbocycles. The van der Waals surface area contributed by atoms with Crippen molar-refractivity contribution in [1.29, 1.82) is 0 Å². The van der Waals surface area contributed by atoms with Crippen molar-refractivity contribution < 1.29 is 4.79 Å².